The molecule has 7 heteroatoms. The number of amides is 1. The summed E-state index contributed by atoms with van der Waals surface area (Å²) < 4.78 is 22.1. The first kappa shape index (κ1) is 19.7. The largest absolute Gasteiger partial charge is 0.497 e. The van der Waals surface area contributed by atoms with Crippen LogP contribution in [-0.4, -0.2) is 32.0 Å². The minimum Gasteiger partial charge on any atom is -0.497 e. The minimum atomic E-state index is -0.372. The molecule has 7 nitrogen and oxygen atoms in total. The van der Waals surface area contributed by atoms with Gasteiger partial charge in [0.05, 0.1) is 12.8 Å². The zero-order chi connectivity index (χ0) is 22.1. The number of hydrogen-bond donors (Lipinski definition) is 1. The van der Waals surface area contributed by atoms with Crippen molar-refractivity contribution in [3.05, 3.63) is 83.6 Å². The topological polar surface area (TPSA) is 87.0 Å². The number of ether oxygens (including phenoxy) is 3. The molecule has 4 aromatic rings. The molecular formula is C25H19NO6. The molecule has 0 aliphatic carbocycles. The van der Waals surface area contributed by atoms with Crippen LogP contribution in [0.5, 0.6) is 17.2 Å². The Morgan fingerprint density at radius 2 is 1.59 bits per heavy atom. The number of methoxy groups -OCH3 is 1. The maximum atomic E-state index is 13.4. The summed E-state index contributed by atoms with van der Waals surface area (Å²) in [5.74, 6) is 1.04. The Labute approximate surface area is 183 Å². The average Bonchev–Trinajstić information content (AvgIpc) is 3.21. The summed E-state index contributed by atoms with van der Waals surface area (Å²) in [6, 6.07) is 18.8. The van der Waals surface area contributed by atoms with Gasteiger partial charge in [0.2, 0.25) is 5.78 Å². The fourth-order valence-electron chi connectivity index (χ4n) is 3.57. The number of benzene rings is 3. The fraction of sp³-hybridized carbons (Fsp3) is 0.120. The molecule has 32 heavy (non-hydrogen) atoms. The zero-order valence-corrected chi connectivity index (χ0v) is 17.2. The Kier molecular flexibility index (Phi) is 4.99. The summed E-state index contributed by atoms with van der Waals surface area (Å²) >= 11 is 0. The highest BCUT2D eigenvalue weighted by Crippen LogP contribution is 2.35. The van der Waals surface area contributed by atoms with E-state index in [9.17, 15) is 9.59 Å². The molecule has 1 N–H and O–H groups in total. The van der Waals surface area contributed by atoms with E-state index < -0.39 is 0 Å². The third-order valence-corrected chi connectivity index (χ3v) is 5.20. The molecule has 3 aromatic carbocycles. The normalized spacial score (nSPS) is 12.4. The number of carbonyl (C=O) groups is 2. The first-order chi connectivity index (χ1) is 15.6. The molecule has 0 unspecified atom stereocenters. The second-order valence-corrected chi connectivity index (χ2v) is 7.17. The van der Waals surface area contributed by atoms with Crippen molar-refractivity contribution in [3.8, 4) is 17.2 Å². The Balaban J connectivity index is 1.52. The van der Waals surface area contributed by atoms with E-state index in [-0.39, 0.29) is 17.5 Å². The van der Waals surface area contributed by atoms with Gasteiger partial charge in [0.15, 0.2) is 17.3 Å². The van der Waals surface area contributed by atoms with Crippen LogP contribution in [0.4, 0.5) is 5.69 Å². The Morgan fingerprint density at radius 1 is 0.875 bits per heavy atom. The molecule has 1 amide bonds. The average molecular weight is 429 g/mol. The standard InChI is InChI=1S/C25H19NO6/c1-29-17-9-6-15(7-10-17)25(28)26-22-18-4-2-3-5-19(18)32-24(22)23(27)16-8-11-20-21(14-16)31-13-12-30-20/h2-11,14H,12-13H2,1H3,(H,26,28). The lowest BCUT2D eigenvalue weighted by Crippen LogP contribution is -2.16. The third kappa shape index (κ3) is 3.54. The highest BCUT2D eigenvalue weighted by Gasteiger charge is 2.25. The predicted molar refractivity (Wildman–Crippen MR) is 118 cm³/mol. The summed E-state index contributed by atoms with van der Waals surface area (Å²) in [7, 11) is 1.56. The van der Waals surface area contributed by atoms with Gasteiger partial charge in [-0.3, -0.25) is 9.59 Å². The number of hydrogen-bond acceptors (Lipinski definition) is 6. The van der Waals surface area contributed by atoms with Crippen molar-refractivity contribution in [1.29, 1.82) is 0 Å². The van der Waals surface area contributed by atoms with Crippen LogP contribution in [0.1, 0.15) is 26.5 Å². The number of para-hydroxylation sites is 1. The lowest BCUT2D eigenvalue weighted by molar-refractivity contribution is 0.101. The second kappa shape index (κ2) is 8.11. The predicted octanol–water partition coefficient (Wildman–Crippen LogP) is 4.70. The van der Waals surface area contributed by atoms with Gasteiger partial charge in [0, 0.05) is 16.5 Å². The first-order valence-electron chi connectivity index (χ1n) is 10.1. The Morgan fingerprint density at radius 3 is 2.38 bits per heavy atom. The number of anilines is 1. The van der Waals surface area contributed by atoms with Crippen molar-refractivity contribution in [2.45, 2.75) is 0 Å². The van der Waals surface area contributed by atoms with Gasteiger partial charge in [-0.2, -0.15) is 0 Å². The number of carbonyl (C=O) groups excluding carboxylic acids is 2. The van der Waals surface area contributed by atoms with Gasteiger partial charge in [0.25, 0.3) is 5.91 Å². The van der Waals surface area contributed by atoms with Crippen molar-refractivity contribution >= 4 is 28.3 Å². The second-order valence-electron chi connectivity index (χ2n) is 7.17. The monoisotopic (exact) mass is 429 g/mol. The molecule has 2 heterocycles. The molecule has 5 rings (SSSR count). The van der Waals surface area contributed by atoms with Crippen molar-refractivity contribution in [3.63, 3.8) is 0 Å². The molecule has 1 aromatic heterocycles. The van der Waals surface area contributed by atoms with E-state index in [4.69, 9.17) is 18.6 Å². The van der Waals surface area contributed by atoms with E-state index in [1.165, 1.54) is 0 Å². The van der Waals surface area contributed by atoms with Gasteiger partial charge in [-0.1, -0.05) is 12.1 Å². The highest BCUT2D eigenvalue weighted by atomic mass is 16.6. The molecule has 160 valence electrons. The Hall–Kier alpha value is -4.26. The Bertz CT molecular complexity index is 1320. The SMILES string of the molecule is COc1ccc(C(=O)Nc2c(C(=O)c3ccc4c(c3)OCCO4)oc3ccccc23)cc1. The summed E-state index contributed by atoms with van der Waals surface area (Å²) in [5.41, 5.74) is 1.61. The lowest BCUT2D eigenvalue weighted by atomic mass is 10.1. The molecule has 0 saturated heterocycles. The highest BCUT2D eigenvalue weighted by molar-refractivity contribution is 6.19. The van der Waals surface area contributed by atoms with Crippen molar-refractivity contribution < 1.29 is 28.2 Å². The first-order valence-corrected chi connectivity index (χ1v) is 10.1. The van der Waals surface area contributed by atoms with Crippen LogP contribution in [0.25, 0.3) is 11.0 Å². The lowest BCUT2D eigenvalue weighted by Gasteiger charge is -2.18. The van der Waals surface area contributed by atoms with Gasteiger partial charge in [-0.05, 0) is 54.6 Å². The summed E-state index contributed by atoms with van der Waals surface area (Å²) in [5, 5.41) is 3.48. The molecule has 1 aliphatic rings. The van der Waals surface area contributed by atoms with Crippen molar-refractivity contribution in [1.82, 2.24) is 0 Å². The van der Waals surface area contributed by atoms with Crippen LogP contribution in [0.2, 0.25) is 0 Å². The number of fused-ring (bicyclic) bond motifs is 2. The fourth-order valence-corrected chi connectivity index (χ4v) is 3.57. The van der Waals surface area contributed by atoms with E-state index in [1.807, 2.05) is 6.07 Å². The van der Waals surface area contributed by atoms with E-state index in [2.05, 4.69) is 5.32 Å². The van der Waals surface area contributed by atoms with Crippen molar-refractivity contribution in [2.75, 3.05) is 25.6 Å². The van der Waals surface area contributed by atoms with E-state index in [1.54, 1.807) is 67.8 Å². The van der Waals surface area contributed by atoms with E-state index >= 15 is 0 Å². The molecule has 0 bridgehead atoms. The molecule has 0 fully saturated rings. The van der Waals surface area contributed by atoms with E-state index in [0.29, 0.717) is 58.2 Å². The van der Waals surface area contributed by atoms with Crippen LogP contribution in [-0.2, 0) is 0 Å². The molecule has 0 saturated carbocycles. The van der Waals surface area contributed by atoms with E-state index in [0.717, 1.165) is 0 Å². The quantitative estimate of drug-likeness (QED) is 0.463. The summed E-state index contributed by atoms with van der Waals surface area (Å²) in [6.07, 6.45) is 0. The van der Waals surface area contributed by atoms with Gasteiger partial charge in [-0.25, -0.2) is 0 Å². The van der Waals surface area contributed by atoms with Gasteiger partial charge < -0.3 is 23.9 Å². The number of rotatable bonds is 5. The minimum absolute atomic E-state index is 0.0461. The number of ketones is 1. The van der Waals surface area contributed by atoms with Crippen LogP contribution in [0.3, 0.4) is 0 Å². The maximum Gasteiger partial charge on any atom is 0.255 e. The summed E-state index contributed by atoms with van der Waals surface area (Å²) in [6.45, 7) is 0.879. The van der Waals surface area contributed by atoms with Gasteiger partial charge in [0.1, 0.15) is 24.5 Å². The number of furan rings is 1. The summed E-state index contributed by atoms with van der Waals surface area (Å²) in [4.78, 5) is 26.3. The van der Waals surface area contributed by atoms with Crippen LogP contribution in [0, 0.1) is 0 Å². The molecule has 1 aliphatic heterocycles. The molecule has 0 spiro atoms. The smallest absolute Gasteiger partial charge is 0.255 e. The van der Waals surface area contributed by atoms with Crippen LogP contribution in [0.15, 0.2) is 71.1 Å². The third-order valence-electron chi connectivity index (χ3n) is 5.20. The van der Waals surface area contributed by atoms with Crippen LogP contribution >= 0.6 is 0 Å². The van der Waals surface area contributed by atoms with Gasteiger partial charge in [-0.15, -0.1) is 0 Å². The van der Waals surface area contributed by atoms with Crippen molar-refractivity contribution in [2.24, 2.45) is 0 Å². The molecular weight excluding hydrogens is 410 g/mol. The molecule has 0 atom stereocenters. The number of nitrogens with one attached hydrogen (secondary N) is 1. The molecule has 0 radical (unpaired) electrons. The zero-order valence-electron chi connectivity index (χ0n) is 17.2. The van der Waals surface area contributed by atoms with Crippen LogP contribution < -0.4 is 19.5 Å². The maximum absolute atomic E-state index is 13.4. The van der Waals surface area contributed by atoms with Gasteiger partial charge >= 0.3 is 0 Å².